The summed E-state index contributed by atoms with van der Waals surface area (Å²) in [5.74, 6) is -0.851. The van der Waals surface area contributed by atoms with Crippen molar-refractivity contribution in [2.24, 2.45) is 0 Å². The molecule has 0 atom stereocenters. The second-order valence-electron chi connectivity index (χ2n) is 2.27. The first-order valence-corrected chi connectivity index (χ1v) is 3.18. The van der Waals surface area contributed by atoms with Gasteiger partial charge in [0.05, 0.1) is 11.8 Å². The smallest absolute Gasteiger partial charge is 0.587 e. The molecule has 0 saturated carbocycles. The van der Waals surface area contributed by atoms with Gasteiger partial charge in [-0.3, -0.25) is 0 Å². The molecule has 1 aliphatic rings. The maximum absolute atomic E-state index is 10.9. The number of benzene rings is 1. The van der Waals surface area contributed by atoms with E-state index in [1.165, 1.54) is 0 Å². The van der Waals surface area contributed by atoms with E-state index in [0.29, 0.717) is 11.1 Å². The summed E-state index contributed by atoms with van der Waals surface area (Å²) < 4.78 is 0. The number of fused-ring (bicyclic) bond motifs is 1. The fraction of sp³-hybridized carbons (Fsp3) is 0. The molecule has 2 amide bonds. The van der Waals surface area contributed by atoms with Crippen LogP contribution in [-0.4, -0.2) is 11.8 Å². The van der Waals surface area contributed by atoms with Gasteiger partial charge < -0.3 is 22.3 Å². The predicted octanol–water partition coefficient (Wildman–Crippen LogP) is 1.80. The van der Waals surface area contributed by atoms with Gasteiger partial charge in [0.15, 0.2) is 0 Å². The molecule has 0 aromatic heterocycles. The minimum absolute atomic E-state index is 0. The van der Waals surface area contributed by atoms with E-state index < -0.39 is 11.8 Å². The van der Waals surface area contributed by atoms with Gasteiger partial charge in [0.25, 0.3) is 0 Å². The molecule has 4 heteroatoms. The molecule has 0 fully saturated rings. The number of carbonyl (C=O) groups excluding carboxylic acids is 2. The standard InChI is InChI=1S/C8H5NO2.CH3.Nb/c10-7-5-3-1-2-4-6(5)8(11)9-7;;/h1-4H,(H,9,10,11);1H3;/q;-1;+2/p-1. The van der Waals surface area contributed by atoms with Gasteiger partial charge in [-0.25, -0.2) is 0 Å². The Morgan fingerprint density at radius 2 is 1.31 bits per heavy atom. The summed E-state index contributed by atoms with van der Waals surface area (Å²) in [6.07, 6.45) is 0. The maximum Gasteiger partial charge on any atom is 2.00 e. The van der Waals surface area contributed by atoms with E-state index in [4.69, 9.17) is 0 Å². The molecule has 1 aromatic carbocycles. The predicted molar refractivity (Wildman–Crippen MR) is 44.9 cm³/mol. The Kier molecular flexibility index (Phi) is 4.07. The van der Waals surface area contributed by atoms with E-state index in [9.17, 15) is 9.59 Å². The first kappa shape index (κ1) is 12.1. The van der Waals surface area contributed by atoms with Gasteiger partial charge in [-0.05, 0) is 0 Å². The molecule has 0 saturated heterocycles. The minimum Gasteiger partial charge on any atom is -0.587 e. The monoisotopic (exact) mass is 254 g/mol. The molecule has 1 aromatic rings. The molecule has 1 radical (unpaired) electrons. The topological polar surface area (TPSA) is 48.2 Å². The average molecular weight is 254 g/mol. The van der Waals surface area contributed by atoms with Gasteiger partial charge in [0.1, 0.15) is 0 Å². The number of rotatable bonds is 0. The van der Waals surface area contributed by atoms with Crippen LogP contribution in [0.15, 0.2) is 24.3 Å². The molecule has 0 bridgehead atoms. The molecular formula is C9H7NNbO2. The van der Waals surface area contributed by atoms with E-state index in [1.54, 1.807) is 24.3 Å². The average Bonchev–Trinajstić information content (AvgIpc) is 2.30. The third kappa shape index (κ3) is 1.88. The quantitative estimate of drug-likeness (QED) is 0.402. The van der Waals surface area contributed by atoms with Crippen molar-refractivity contribution < 1.29 is 32.0 Å². The summed E-state index contributed by atoms with van der Waals surface area (Å²) >= 11 is 0. The van der Waals surface area contributed by atoms with Gasteiger partial charge in [-0.15, -0.1) is 0 Å². The van der Waals surface area contributed by atoms with Crippen molar-refractivity contribution in [1.29, 1.82) is 0 Å². The molecule has 0 aliphatic carbocycles. The van der Waals surface area contributed by atoms with Gasteiger partial charge in [-0.1, -0.05) is 24.3 Å². The molecule has 65 valence electrons. The Hall–Kier alpha value is -0.900. The van der Waals surface area contributed by atoms with Crippen molar-refractivity contribution in [3.05, 3.63) is 48.1 Å². The Labute approximate surface area is 92.0 Å². The zero-order valence-electron chi connectivity index (χ0n) is 7.02. The van der Waals surface area contributed by atoms with E-state index in [0.717, 1.165) is 0 Å². The molecule has 1 aliphatic heterocycles. The van der Waals surface area contributed by atoms with Crippen LogP contribution < -0.4 is 0 Å². The molecule has 0 N–H and O–H groups in total. The Balaban J connectivity index is 0.000000720. The fourth-order valence-electron chi connectivity index (χ4n) is 1.07. The fourth-order valence-corrected chi connectivity index (χ4v) is 1.07. The second-order valence-corrected chi connectivity index (χ2v) is 2.27. The minimum atomic E-state index is -0.425. The normalized spacial score (nSPS) is 12.3. The van der Waals surface area contributed by atoms with Crippen LogP contribution in [0.4, 0.5) is 0 Å². The van der Waals surface area contributed by atoms with Crippen LogP contribution in [0.2, 0.25) is 0 Å². The number of nitrogens with zero attached hydrogens (tertiary/aromatic N) is 1. The van der Waals surface area contributed by atoms with E-state index in [1.807, 2.05) is 0 Å². The first-order valence-electron chi connectivity index (χ1n) is 3.18. The summed E-state index contributed by atoms with van der Waals surface area (Å²) in [4.78, 5) is 21.8. The van der Waals surface area contributed by atoms with Gasteiger partial charge in [0.2, 0.25) is 0 Å². The van der Waals surface area contributed by atoms with Crippen LogP contribution in [0.3, 0.4) is 0 Å². The van der Waals surface area contributed by atoms with Crippen molar-refractivity contribution in [2.75, 3.05) is 0 Å². The van der Waals surface area contributed by atoms with Crippen LogP contribution in [0.25, 0.3) is 5.32 Å². The van der Waals surface area contributed by atoms with Crippen molar-refractivity contribution in [1.82, 2.24) is 0 Å². The van der Waals surface area contributed by atoms with E-state index in [2.05, 4.69) is 5.32 Å². The second kappa shape index (κ2) is 4.37. The maximum atomic E-state index is 10.9. The van der Waals surface area contributed by atoms with Gasteiger partial charge in [0, 0.05) is 11.1 Å². The van der Waals surface area contributed by atoms with Crippen molar-refractivity contribution in [2.45, 2.75) is 0 Å². The van der Waals surface area contributed by atoms with Crippen LogP contribution in [0.5, 0.6) is 0 Å². The Bertz CT molecular complexity index is 316. The number of amides is 2. The largest absolute Gasteiger partial charge is 2.00 e. The summed E-state index contributed by atoms with van der Waals surface area (Å²) in [6, 6.07) is 6.63. The third-order valence-corrected chi connectivity index (χ3v) is 1.59. The number of carbonyl (C=O) groups is 2. The van der Waals surface area contributed by atoms with Crippen molar-refractivity contribution in [3.63, 3.8) is 0 Å². The number of imide groups is 1. The molecule has 0 unspecified atom stereocenters. The molecule has 13 heavy (non-hydrogen) atoms. The van der Waals surface area contributed by atoms with E-state index >= 15 is 0 Å². The zero-order valence-corrected chi connectivity index (χ0v) is 9.22. The molecule has 1 heterocycles. The zero-order chi connectivity index (χ0) is 7.84. The summed E-state index contributed by atoms with van der Waals surface area (Å²) in [7, 11) is 0. The molecular weight excluding hydrogens is 247 g/mol. The van der Waals surface area contributed by atoms with Crippen LogP contribution in [0.1, 0.15) is 20.7 Å². The van der Waals surface area contributed by atoms with Crippen LogP contribution in [-0.2, 0) is 22.4 Å². The molecule has 3 nitrogen and oxygen atoms in total. The molecule has 2 rings (SSSR count). The summed E-state index contributed by atoms with van der Waals surface area (Å²) in [5.41, 5.74) is 0.829. The van der Waals surface area contributed by atoms with Crippen LogP contribution >= 0.6 is 0 Å². The van der Waals surface area contributed by atoms with E-state index in [-0.39, 0.29) is 29.8 Å². The SMILES string of the molecule is O=C1[N-]C(=O)c2ccccc21.[CH3-].[Nb+2]. The van der Waals surface area contributed by atoms with Crippen LogP contribution in [0, 0.1) is 7.43 Å². The molecule has 0 spiro atoms. The van der Waals surface area contributed by atoms with Crippen molar-refractivity contribution >= 4 is 11.8 Å². The van der Waals surface area contributed by atoms with Gasteiger partial charge in [-0.2, -0.15) is 0 Å². The Morgan fingerprint density at radius 3 is 1.69 bits per heavy atom. The summed E-state index contributed by atoms with van der Waals surface area (Å²) in [6.45, 7) is 0. The van der Waals surface area contributed by atoms with Gasteiger partial charge >= 0.3 is 22.4 Å². The summed E-state index contributed by atoms with van der Waals surface area (Å²) in [5, 5.41) is 3.28. The third-order valence-electron chi connectivity index (χ3n) is 1.59. The first-order chi connectivity index (χ1) is 5.29. The number of hydrogen-bond acceptors (Lipinski definition) is 2. The van der Waals surface area contributed by atoms with Crippen molar-refractivity contribution in [3.8, 4) is 0 Å². The Morgan fingerprint density at radius 1 is 0.923 bits per heavy atom. The number of hydrogen-bond donors (Lipinski definition) is 0.